The first-order valence-corrected chi connectivity index (χ1v) is 8.87. The van der Waals surface area contributed by atoms with Crippen molar-refractivity contribution in [2.75, 3.05) is 19.7 Å². The van der Waals surface area contributed by atoms with Gasteiger partial charge in [0.05, 0.1) is 13.2 Å². The van der Waals surface area contributed by atoms with Crippen molar-refractivity contribution in [2.45, 2.75) is 57.7 Å². The lowest BCUT2D eigenvalue weighted by Gasteiger charge is -2.31. The van der Waals surface area contributed by atoms with Gasteiger partial charge < -0.3 is 13.8 Å². The SMILES string of the molecule is CCn1cnnc1[C@H]1CN(Cc2nc(C3CCCC3)no2)CCO1. The molecule has 0 amide bonds. The molecule has 0 radical (unpaired) electrons. The van der Waals surface area contributed by atoms with E-state index in [2.05, 4.69) is 32.2 Å². The Labute approximate surface area is 141 Å². The number of hydrogen-bond donors (Lipinski definition) is 0. The highest BCUT2D eigenvalue weighted by Gasteiger charge is 2.28. The highest BCUT2D eigenvalue weighted by atomic mass is 16.5. The number of hydrogen-bond acceptors (Lipinski definition) is 7. The predicted octanol–water partition coefficient (Wildman–Crippen LogP) is 1.91. The maximum absolute atomic E-state index is 5.89. The summed E-state index contributed by atoms with van der Waals surface area (Å²) in [7, 11) is 0. The van der Waals surface area contributed by atoms with Gasteiger partial charge in [0.25, 0.3) is 0 Å². The van der Waals surface area contributed by atoms with Crippen LogP contribution in [0.4, 0.5) is 0 Å². The van der Waals surface area contributed by atoms with E-state index in [9.17, 15) is 0 Å². The average Bonchev–Trinajstić information content (AvgIpc) is 3.35. The molecule has 0 spiro atoms. The molecule has 2 aromatic rings. The number of rotatable bonds is 5. The van der Waals surface area contributed by atoms with Crippen LogP contribution in [0.3, 0.4) is 0 Å². The van der Waals surface area contributed by atoms with Crippen LogP contribution in [0.2, 0.25) is 0 Å². The van der Waals surface area contributed by atoms with Crippen molar-refractivity contribution in [3.05, 3.63) is 23.9 Å². The minimum Gasteiger partial charge on any atom is -0.368 e. The second kappa shape index (κ2) is 6.98. The number of morpholine rings is 1. The lowest BCUT2D eigenvalue weighted by molar-refractivity contribution is -0.0414. The maximum Gasteiger partial charge on any atom is 0.240 e. The smallest absolute Gasteiger partial charge is 0.240 e. The summed E-state index contributed by atoms with van der Waals surface area (Å²) in [6.45, 7) is 5.88. The molecular formula is C16H24N6O2. The summed E-state index contributed by atoms with van der Waals surface area (Å²) in [5.41, 5.74) is 0. The Morgan fingerprint density at radius 1 is 1.29 bits per heavy atom. The molecule has 2 aliphatic rings. The van der Waals surface area contributed by atoms with E-state index in [4.69, 9.17) is 9.26 Å². The largest absolute Gasteiger partial charge is 0.368 e. The molecule has 4 rings (SSSR count). The van der Waals surface area contributed by atoms with Gasteiger partial charge in [0, 0.05) is 25.6 Å². The van der Waals surface area contributed by atoms with E-state index in [0.29, 0.717) is 25.0 Å². The van der Waals surface area contributed by atoms with Crippen molar-refractivity contribution in [3.8, 4) is 0 Å². The molecule has 0 unspecified atom stereocenters. The third-order valence-electron chi connectivity index (χ3n) is 4.99. The van der Waals surface area contributed by atoms with Gasteiger partial charge in [0.1, 0.15) is 12.4 Å². The lowest BCUT2D eigenvalue weighted by Crippen LogP contribution is -2.38. The van der Waals surface area contributed by atoms with Gasteiger partial charge in [0.15, 0.2) is 11.6 Å². The molecule has 130 valence electrons. The Bertz CT molecular complexity index is 663. The Morgan fingerprint density at radius 2 is 2.17 bits per heavy atom. The molecule has 2 fully saturated rings. The fourth-order valence-corrected chi connectivity index (χ4v) is 3.63. The third-order valence-corrected chi connectivity index (χ3v) is 4.99. The van der Waals surface area contributed by atoms with Gasteiger partial charge in [-0.1, -0.05) is 18.0 Å². The van der Waals surface area contributed by atoms with Crippen LogP contribution in [-0.2, 0) is 17.8 Å². The van der Waals surface area contributed by atoms with Crippen molar-refractivity contribution in [3.63, 3.8) is 0 Å². The number of ether oxygens (including phenoxy) is 1. The Morgan fingerprint density at radius 3 is 3.00 bits per heavy atom. The van der Waals surface area contributed by atoms with Gasteiger partial charge in [-0.2, -0.15) is 4.98 Å². The van der Waals surface area contributed by atoms with Crippen molar-refractivity contribution in [1.82, 2.24) is 29.8 Å². The summed E-state index contributed by atoms with van der Waals surface area (Å²) in [5, 5.41) is 12.4. The van der Waals surface area contributed by atoms with Crippen LogP contribution in [0.15, 0.2) is 10.9 Å². The highest BCUT2D eigenvalue weighted by molar-refractivity contribution is 4.99. The minimum atomic E-state index is -0.0570. The molecule has 1 aliphatic heterocycles. The summed E-state index contributed by atoms with van der Waals surface area (Å²) in [6, 6.07) is 0. The van der Waals surface area contributed by atoms with E-state index >= 15 is 0 Å². The first-order valence-electron chi connectivity index (χ1n) is 8.87. The summed E-state index contributed by atoms with van der Waals surface area (Å²) in [6.07, 6.45) is 6.62. The second-order valence-corrected chi connectivity index (χ2v) is 6.60. The summed E-state index contributed by atoms with van der Waals surface area (Å²) in [5.74, 6) is 2.97. The molecule has 2 aromatic heterocycles. The first kappa shape index (κ1) is 15.7. The van der Waals surface area contributed by atoms with Crippen molar-refractivity contribution in [2.24, 2.45) is 0 Å². The van der Waals surface area contributed by atoms with Gasteiger partial charge >= 0.3 is 0 Å². The van der Waals surface area contributed by atoms with E-state index in [0.717, 1.165) is 31.3 Å². The average molecular weight is 332 g/mol. The zero-order chi connectivity index (χ0) is 16.4. The summed E-state index contributed by atoms with van der Waals surface area (Å²) < 4.78 is 13.4. The molecule has 1 aliphatic carbocycles. The zero-order valence-electron chi connectivity index (χ0n) is 14.1. The van der Waals surface area contributed by atoms with E-state index in [1.165, 1.54) is 25.7 Å². The van der Waals surface area contributed by atoms with Crippen LogP contribution in [0.1, 0.15) is 62.2 Å². The molecule has 8 nitrogen and oxygen atoms in total. The zero-order valence-corrected chi connectivity index (χ0v) is 14.1. The summed E-state index contributed by atoms with van der Waals surface area (Å²) in [4.78, 5) is 6.90. The molecule has 1 saturated carbocycles. The topological polar surface area (TPSA) is 82.1 Å². The van der Waals surface area contributed by atoms with E-state index in [1.807, 2.05) is 4.57 Å². The molecule has 24 heavy (non-hydrogen) atoms. The highest BCUT2D eigenvalue weighted by Crippen LogP contribution is 2.32. The van der Waals surface area contributed by atoms with Gasteiger partial charge in [0.2, 0.25) is 5.89 Å². The molecule has 3 heterocycles. The Kier molecular flexibility index (Phi) is 4.57. The Hall–Kier alpha value is -1.80. The molecule has 8 heteroatoms. The molecular weight excluding hydrogens is 308 g/mol. The van der Waals surface area contributed by atoms with Gasteiger partial charge in [-0.3, -0.25) is 4.90 Å². The third kappa shape index (κ3) is 3.21. The van der Waals surface area contributed by atoms with Crippen molar-refractivity contribution in [1.29, 1.82) is 0 Å². The number of aromatic nitrogens is 5. The molecule has 0 aromatic carbocycles. The minimum absolute atomic E-state index is 0.0570. The molecule has 1 saturated heterocycles. The monoisotopic (exact) mass is 332 g/mol. The number of aryl methyl sites for hydroxylation is 1. The Balaban J connectivity index is 1.39. The first-order chi connectivity index (χ1) is 11.8. The fourth-order valence-electron chi connectivity index (χ4n) is 3.63. The number of nitrogens with zero attached hydrogens (tertiary/aromatic N) is 6. The normalized spacial score (nSPS) is 23.1. The van der Waals surface area contributed by atoms with Crippen LogP contribution in [0.5, 0.6) is 0 Å². The standard InChI is InChI=1S/C16H24N6O2/c1-2-22-11-17-19-16(22)13-9-21(7-8-23-13)10-14-18-15(20-24-14)12-5-3-4-6-12/h11-13H,2-10H2,1H3/t13-/m1/s1. The summed E-state index contributed by atoms with van der Waals surface area (Å²) >= 11 is 0. The van der Waals surface area contributed by atoms with Gasteiger partial charge in [-0.25, -0.2) is 0 Å². The maximum atomic E-state index is 5.89. The van der Waals surface area contributed by atoms with Gasteiger partial charge in [-0.05, 0) is 19.8 Å². The molecule has 0 bridgehead atoms. The quantitative estimate of drug-likeness (QED) is 0.827. The van der Waals surface area contributed by atoms with Crippen molar-refractivity contribution < 1.29 is 9.26 Å². The van der Waals surface area contributed by atoms with Crippen LogP contribution >= 0.6 is 0 Å². The van der Waals surface area contributed by atoms with E-state index < -0.39 is 0 Å². The van der Waals surface area contributed by atoms with Crippen molar-refractivity contribution >= 4 is 0 Å². The fraction of sp³-hybridized carbons (Fsp3) is 0.750. The van der Waals surface area contributed by atoms with Crippen LogP contribution < -0.4 is 0 Å². The van der Waals surface area contributed by atoms with Gasteiger partial charge in [-0.15, -0.1) is 10.2 Å². The van der Waals surface area contributed by atoms with E-state index in [-0.39, 0.29) is 6.10 Å². The van der Waals surface area contributed by atoms with Crippen LogP contribution in [0.25, 0.3) is 0 Å². The molecule has 0 N–H and O–H groups in total. The van der Waals surface area contributed by atoms with E-state index in [1.54, 1.807) is 6.33 Å². The second-order valence-electron chi connectivity index (χ2n) is 6.60. The molecule has 1 atom stereocenters. The lowest BCUT2D eigenvalue weighted by atomic mass is 10.1. The van der Waals surface area contributed by atoms with Crippen LogP contribution in [0, 0.1) is 0 Å². The predicted molar refractivity (Wildman–Crippen MR) is 85.2 cm³/mol. The van der Waals surface area contributed by atoms with Crippen LogP contribution in [-0.4, -0.2) is 49.5 Å².